The first-order chi connectivity index (χ1) is 12.4. The molecule has 0 aromatic heterocycles. The Kier molecular flexibility index (Phi) is 6.79. The second kappa shape index (κ2) is 8.65. The fourth-order valence-corrected chi connectivity index (χ4v) is 3.79. The molecule has 0 bridgehead atoms. The maximum absolute atomic E-state index is 12.7. The van der Waals surface area contributed by atoms with E-state index < -0.39 is 0 Å². The number of hydrogen-bond acceptors (Lipinski definition) is 4. The van der Waals surface area contributed by atoms with Gasteiger partial charge in [-0.15, -0.1) is 0 Å². The van der Waals surface area contributed by atoms with Crippen LogP contribution in [-0.2, 0) is 0 Å². The van der Waals surface area contributed by atoms with Crippen molar-refractivity contribution in [3.8, 4) is 17.2 Å². The maximum Gasteiger partial charge on any atom is 0.251 e. The molecule has 1 fully saturated rings. The first kappa shape index (κ1) is 20.4. The molecular formula is C21H33NO4. The van der Waals surface area contributed by atoms with Gasteiger partial charge in [-0.1, -0.05) is 27.2 Å². The van der Waals surface area contributed by atoms with Gasteiger partial charge in [-0.3, -0.25) is 4.79 Å². The predicted octanol–water partition coefficient (Wildman–Crippen LogP) is 4.44. The Labute approximate surface area is 157 Å². The largest absolute Gasteiger partial charge is 0.493 e. The lowest BCUT2D eigenvalue weighted by Gasteiger charge is -2.39. The first-order valence-electron chi connectivity index (χ1n) is 9.47. The van der Waals surface area contributed by atoms with Gasteiger partial charge in [-0.05, 0) is 49.1 Å². The van der Waals surface area contributed by atoms with Crippen molar-refractivity contribution in [2.75, 3.05) is 21.3 Å². The highest BCUT2D eigenvalue weighted by Crippen LogP contribution is 2.41. The molecule has 5 heteroatoms. The summed E-state index contributed by atoms with van der Waals surface area (Å²) in [5.41, 5.74) is 0.904. The summed E-state index contributed by atoms with van der Waals surface area (Å²) in [6.45, 7) is 6.97. The van der Waals surface area contributed by atoms with Gasteiger partial charge >= 0.3 is 0 Å². The minimum atomic E-state index is -0.0949. The molecule has 1 amide bonds. The van der Waals surface area contributed by atoms with Gasteiger partial charge < -0.3 is 19.5 Å². The van der Waals surface area contributed by atoms with Crippen LogP contribution in [0.1, 0.15) is 63.2 Å². The van der Waals surface area contributed by atoms with Gasteiger partial charge in [0.1, 0.15) is 0 Å². The average molecular weight is 363 g/mol. The molecule has 26 heavy (non-hydrogen) atoms. The summed E-state index contributed by atoms with van der Waals surface area (Å²) < 4.78 is 16.0. The number of carbonyl (C=O) groups is 1. The van der Waals surface area contributed by atoms with E-state index in [9.17, 15) is 4.79 Å². The van der Waals surface area contributed by atoms with E-state index in [2.05, 4.69) is 26.1 Å². The number of carbonyl (C=O) groups excluding carboxylic acids is 1. The lowest BCUT2D eigenvalue weighted by molar-refractivity contribution is 0.0892. The molecular weight excluding hydrogens is 330 g/mol. The van der Waals surface area contributed by atoms with E-state index in [1.54, 1.807) is 33.5 Å². The van der Waals surface area contributed by atoms with E-state index >= 15 is 0 Å². The number of benzene rings is 1. The lowest BCUT2D eigenvalue weighted by Crippen LogP contribution is -2.39. The molecule has 5 nitrogen and oxygen atoms in total. The summed E-state index contributed by atoms with van der Waals surface area (Å²) in [5, 5.41) is 3.17. The lowest BCUT2D eigenvalue weighted by atomic mass is 9.69. The van der Waals surface area contributed by atoms with E-state index in [-0.39, 0.29) is 11.9 Å². The van der Waals surface area contributed by atoms with Crippen LogP contribution in [0.5, 0.6) is 17.2 Å². The molecule has 1 N–H and O–H groups in total. The zero-order valence-electron chi connectivity index (χ0n) is 17.0. The van der Waals surface area contributed by atoms with Crippen LogP contribution < -0.4 is 19.5 Å². The number of rotatable bonds is 7. The van der Waals surface area contributed by atoms with Crippen LogP contribution in [-0.4, -0.2) is 33.3 Å². The monoisotopic (exact) mass is 363 g/mol. The molecule has 1 aromatic rings. The van der Waals surface area contributed by atoms with Gasteiger partial charge in [0.05, 0.1) is 21.3 Å². The van der Waals surface area contributed by atoms with E-state index in [1.165, 1.54) is 19.3 Å². The molecule has 1 aromatic carbocycles. The summed E-state index contributed by atoms with van der Waals surface area (Å²) >= 11 is 0. The van der Waals surface area contributed by atoms with Crippen LogP contribution >= 0.6 is 0 Å². The minimum Gasteiger partial charge on any atom is -0.493 e. The molecule has 1 aliphatic carbocycles. The molecule has 0 saturated heterocycles. The van der Waals surface area contributed by atoms with Crippen LogP contribution in [0.25, 0.3) is 0 Å². The number of amides is 1. The quantitative estimate of drug-likeness (QED) is 0.778. The molecule has 0 aliphatic heterocycles. The third-order valence-corrected chi connectivity index (χ3v) is 6.01. The fourth-order valence-electron chi connectivity index (χ4n) is 3.79. The van der Waals surface area contributed by atoms with E-state index in [0.717, 1.165) is 18.8 Å². The van der Waals surface area contributed by atoms with Crippen molar-refractivity contribution >= 4 is 5.91 Å². The van der Waals surface area contributed by atoms with Crippen LogP contribution in [0, 0.1) is 11.3 Å². The molecule has 0 atom stereocenters. The zero-order chi connectivity index (χ0) is 19.3. The SMILES string of the molecule is CCC(C)(C)C1CCC(NC(=O)c2cc(OC)c(OC)c(OC)c2)CC1. The summed E-state index contributed by atoms with van der Waals surface area (Å²) in [4.78, 5) is 12.7. The van der Waals surface area contributed by atoms with E-state index in [4.69, 9.17) is 14.2 Å². The van der Waals surface area contributed by atoms with Crippen LogP contribution in [0.2, 0.25) is 0 Å². The molecule has 2 rings (SSSR count). The van der Waals surface area contributed by atoms with Gasteiger partial charge in [-0.25, -0.2) is 0 Å². The third-order valence-electron chi connectivity index (χ3n) is 6.01. The summed E-state index contributed by atoms with van der Waals surface area (Å²) in [6, 6.07) is 3.62. The van der Waals surface area contributed by atoms with Crippen molar-refractivity contribution in [3.63, 3.8) is 0 Å². The predicted molar refractivity (Wildman–Crippen MR) is 103 cm³/mol. The Hall–Kier alpha value is -1.91. The number of ether oxygens (including phenoxy) is 3. The van der Waals surface area contributed by atoms with E-state index in [1.807, 2.05) is 0 Å². The number of nitrogens with one attached hydrogen (secondary N) is 1. The van der Waals surface area contributed by atoms with Crippen molar-refractivity contribution in [1.29, 1.82) is 0 Å². The second-order valence-electron chi connectivity index (χ2n) is 7.78. The zero-order valence-corrected chi connectivity index (χ0v) is 17.0. The van der Waals surface area contributed by atoms with Crippen molar-refractivity contribution in [1.82, 2.24) is 5.32 Å². The highest BCUT2D eigenvalue weighted by molar-refractivity contribution is 5.95. The minimum absolute atomic E-state index is 0.0949. The summed E-state index contributed by atoms with van der Waals surface area (Å²) in [7, 11) is 4.65. The Bertz CT molecular complexity index is 593. The smallest absolute Gasteiger partial charge is 0.251 e. The van der Waals surface area contributed by atoms with Crippen molar-refractivity contribution in [2.24, 2.45) is 11.3 Å². The molecule has 146 valence electrons. The summed E-state index contributed by atoms with van der Waals surface area (Å²) in [6.07, 6.45) is 5.59. The molecule has 0 unspecified atom stereocenters. The van der Waals surface area contributed by atoms with Gasteiger partial charge in [-0.2, -0.15) is 0 Å². The van der Waals surface area contributed by atoms with Crippen molar-refractivity contribution in [2.45, 2.75) is 58.9 Å². The van der Waals surface area contributed by atoms with Gasteiger partial charge in [0.25, 0.3) is 5.91 Å². The topological polar surface area (TPSA) is 56.8 Å². The van der Waals surface area contributed by atoms with Crippen LogP contribution in [0.4, 0.5) is 0 Å². The first-order valence-corrected chi connectivity index (χ1v) is 9.47. The normalized spacial score (nSPS) is 20.4. The van der Waals surface area contributed by atoms with Crippen LogP contribution in [0.15, 0.2) is 12.1 Å². The Morgan fingerprint density at radius 3 is 2.00 bits per heavy atom. The molecule has 0 radical (unpaired) electrons. The van der Waals surface area contributed by atoms with Gasteiger partial charge in [0.15, 0.2) is 11.5 Å². The average Bonchev–Trinajstić information content (AvgIpc) is 2.66. The molecule has 1 aliphatic rings. The Morgan fingerprint density at radius 1 is 1.04 bits per heavy atom. The second-order valence-corrected chi connectivity index (χ2v) is 7.78. The summed E-state index contributed by atoms with van der Waals surface area (Å²) in [5.74, 6) is 2.12. The van der Waals surface area contributed by atoms with Crippen LogP contribution in [0.3, 0.4) is 0 Å². The van der Waals surface area contributed by atoms with Crippen molar-refractivity contribution in [3.05, 3.63) is 17.7 Å². The third kappa shape index (κ3) is 4.43. The Morgan fingerprint density at radius 2 is 1.58 bits per heavy atom. The Balaban J connectivity index is 2.05. The molecule has 1 saturated carbocycles. The van der Waals surface area contributed by atoms with Crippen molar-refractivity contribution < 1.29 is 19.0 Å². The number of methoxy groups -OCH3 is 3. The number of hydrogen-bond donors (Lipinski definition) is 1. The van der Waals surface area contributed by atoms with Gasteiger partial charge in [0.2, 0.25) is 5.75 Å². The highest BCUT2D eigenvalue weighted by Gasteiger charge is 2.32. The molecule has 0 heterocycles. The molecule has 0 spiro atoms. The highest BCUT2D eigenvalue weighted by atomic mass is 16.5. The fraction of sp³-hybridized carbons (Fsp3) is 0.667. The standard InChI is InChI=1S/C21H33NO4/c1-7-21(2,3)15-8-10-16(11-9-15)22-20(23)14-12-17(24-4)19(26-6)18(13-14)25-5/h12-13,15-16H,7-11H2,1-6H3,(H,22,23). The van der Waals surface area contributed by atoms with Gasteiger partial charge in [0, 0.05) is 11.6 Å². The maximum atomic E-state index is 12.7. The van der Waals surface area contributed by atoms with E-state index in [0.29, 0.717) is 28.2 Å².